The van der Waals surface area contributed by atoms with Crippen LogP contribution in [0.3, 0.4) is 0 Å². The average Bonchev–Trinajstić information content (AvgIpc) is 3.11. The molecule has 0 atom stereocenters. The van der Waals surface area contributed by atoms with Crippen LogP contribution in [0.5, 0.6) is 5.75 Å². The van der Waals surface area contributed by atoms with Crippen LogP contribution in [0, 0.1) is 0 Å². The molecule has 1 aromatic heterocycles. The fraction of sp³-hybridized carbons (Fsp3) is 0.250. The summed E-state index contributed by atoms with van der Waals surface area (Å²) in [5.74, 6) is -1.18. The lowest BCUT2D eigenvalue weighted by Gasteiger charge is -2.10. The topological polar surface area (TPSA) is 120 Å². The van der Waals surface area contributed by atoms with Gasteiger partial charge < -0.3 is 24.6 Å². The van der Waals surface area contributed by atoms with Crippen molar-refractivity contribution in [1.82, 2.24) is 10.5 Å². The van der Waals surface area contributed by atoms with Gasteiger partial charge in [0, 0.05) is 6.07 Å². The van der Waals surface area contributed by atoms with E-state index in [-0.39, 0.29) is 12.4 Å². The fourth-order valence-corrected chi connectivity index (χ4v) is 1.84. The van der Waals surface area contributed by atoms with Gasteiger partial charge in [-0.3, -0.25) is 14.4 Å². The summed E-state index contributed by atoms with van der Waals surface area (Å²) in [6.07, 6.45) is 1.29. The van der Waals surface area contributed by atoms with Gasteiger partial charge in [-0.25, -0.2) is 0 Å². The Balaban J connectivity index is 1.76. The molecule has 2 aromatic rings. The van der Waals surface area contributed by atoms with E-state index in [1.165, 1.54) is 12.3 Å². The van der Waals surface area contributed by atoms with Crippen molar-refractivity contribution < 1.29 is 28.4 Å². The Labute approximate surface area is 143 Å². The van der Waals surface area contributed by atoms with Gasteiger partial charge in [0.15, 0.2) is 12.4 Å². The number of ether oxygens (including phenoxy) is 2. The first-order chi connectivity index (χ1) is 12.1. The first-order valence-electron chi connectivity index (χ1n) is 7.46. The molecular formula is C16H17N3O6. The normalized spacial score (nSPS) is 9.96. The van der Waals surface area contributed by atoms with Crippen molar-refractivity contribution in [3.05, 3.63) is 42.2 Å². The number of nitrogens with zero attached hydrogens (tertiary/aromatic N) is 1. The minimum Gasteiger partial charge on any atom is -0.493 e. The number of esters is 1. The van der Waals surface area contributed by atoms with E-state index in [9.17, 15) is 14.4 Å². The molecule has 0 spiro atoms. The van der Waals surface area contributed by atoms with E-state index in [1.54, 1.807) is 31.2 Å². The number of para-hydroxylation sites is 1. The number of amides is 2. The Hall–Kier alpha value is -3.36. The minimum absolute atomic E-state index is 0.210. The van der Waals surface area contributed by atoms with Gasteiger partial charge in [0.1, 0.15) is 18.6 Å². The monoisotopic (exact) mass is 347 g/mol. The summed E-state index contributed by atoms with van der Waals surface area (Å²) in [5.41, 5.74) is 0.306. The van der Waals surface area contributed by atoms with Gasteiger partial charge in [-0.2, -0.15) is 0 Å². The van der Waals surface area contributed by atoms with Crippen molar-refractivity contribution >= 4 is 23.6 Å². The molecule has 25 heavy (non-hydrogen) atoms. The number of carbonyl (C=O) groups is 3. The lowest BCUT2D eigenvalue weighted by atomic mass is 10.2. The van der Waals surface area contributed by atoms with E-state index in [0.717, 1.165) is 0 Å². The second-order valence-electron chi connectivity index (χ2n) is 4.71. The van der Waals surface area contributed by atoms with Crippen LogP contribution in [0.2, 0.25) is 0 Å². The predicted octanol–water partition coefficient (Wildman–Crippen LogP) is 0.985. The zero-order valence-corrected chi connectivity index (χ0v) is 13.5. The third kappa shape index (κ3) is 5.65. The summed E-state index contributed by atoms with van der Waals surface area (Å²) >= 11 is 0. The highest BCUT2D eigenvalue weighted by atomic mass is 16.5. The second-order valence-corrected chi connectivity index (χ2v) is 4.71. The van der Waals surface area contributed by atoms with E-state index < -0.39 is 24.4 Å². The van der Waals surface area contributed by atoms with E-state index in [2.05, 4.69) is 20.3 Å². The molecule has 0 saturated heterocycles. The van der Waals surface area contributed by atoms with Crippen molar-refractivity contribution in [2.45, 2.75) is 6.92 Å². The Kier molecular flexibility index (Phi) is 6.52. The van der Waals surface area contributed by atoms with Crippen LogP contribution in [-0.2, 0) is 14.3 Å². The molecule has 0 aliphatic rings. The lowest BCUT2D eigenvalue weighted by molar-refractivity contribution is -0.146. The molecule has 0 unspecified atom stereocenters. The summed E-state index contributed by atoms with van der Waals surface area (Å²) in [7, 11) is 0. The third-order valence-electron chi connectivity index (χ3n) is 2.89. The molecule has 0 fully saturated rings. The van der Waals surface area contributed by atoms with Crippen molar-refractivity contribution in [2.75, 3.05) is 25.1 Å². The molecule has 0 aliphatic heterocycles. The maximum Gasteiger partial charge on any atom is 0.325 e. The summed E-state index contributed by atoms with van der Waals surface area (Å²) in [6, 6.07) is 8.10. The largest absolute Gasteiger partial charge is 0.493 e. The van der Waals surface area contributed by atoms with Crippen molar-refractivity contribution in [1.29, 1.82) is 0 Å². The van der Waals surface area contributed by atoms with Gasteiger partial charge in [-0.05, 0) is 19.1 Å². The number of rotatable bonds is 8. The highest BCUT2D eigenvalue weighted by molar-refractivity contribution is 5.98. The van der Waals surface area contributed by atoms with E-state index in [1.807, 2.05) is 0 Å². The van der Waals surface area contributed by atoms with Crippen LogP contribution in [0.25, 0.3) is 0 Å². The van der Waals surface area contributed by atoms with Crippen LogP contribution >= 0.6 is 0 Å². The standard InChI is InChI=1S/C16H17N3O6/c1-2-23-12-6-4-3-5-11(12)16(22)17-9-15(21)24-10-14(20)18-13-7-8-25-19-13/h3-8H,2,9-10H2,1H3,(H,17,22)(H,18,19,20). The van der Waals surface area contributed by atoms with Crippen LogP contribution in [0.15, 0.2) is 41.1 Å². The smallest absolute Gasteiger partial charge is 0.325 e. The van der Waals surface area contributed by atoms with Crippen molar-refractivity contribution in [2.24, 2.45) is 0 Å². The maximum atomic E-state index is 12.1. The number of benzene rings is 1. The Morgan fingerprint density at radius 2 is 2.00 bits per heavy atom. The summed E-state index contributed by atoms with van der Waals surface area (Å²) in [5, 5.41) is 8.26. The van der Waals surface area contributed by atoms with Crippen molar-refractivity contribution in [3.8, 4) is 5.75 Å². The molecule has 9 heteroatoms. The number of nitrogens with one attached hydrogen (secondary N) is 2. The van der Waals surface area contributed by atoms with Gasteiger partial charge in [0.2, 0.25) is 0 Å². The number of aromatic nitrogens is 1. The third-order valence-corrected chi connectivity index (χ3v) is 2.89. The van der Waals surface area contributed by atoms with Gasteiger partial charge in [-0.15, -0.1) is 0 Å². The molecule has 2 N–H and O–H groups in total. The molecule has 1 heterocycles. The highest BCUT2D eigenvalue weighted by Crippen LogP contribution is 2.17. The SMILES string of the molecule is CCOc1ccccc1C(=O)NCC(=O)OCC(=O)Nc1ccon1. The molecule has 9 nitrogen and oxygen atoms in total. The molecule has 2 amide bonds. The van der Waals surface area contributed by atoms with Crippen LogP contribution in [0.1, 0.15) is 17.3 Å². The fourth-order valence-electron chi connectivity index (χ4n) is 1.84. The van der Waals surface area contributed by atoms with Crippen LogP contribution in [-0.4, -0.2) is 42.7 Å². The molecule has 0 bridgehead atoms. The molecule has 0 aliphatic carbocycles. The molecular weight excluding hydrogens is 330 g/mol. The second kappa shape index (κ2) is 9.06. The summed E-state index contributed by atoms with van der Waals surface area (Å²) in [6.45, 7) is 1.33. The highest BCUT2D eigenvalue weighted by Gasteiger charge is 2.14. The molecule has 1 aromatic carbocycles. The zero-order valence-electron chi connectivity index (χ0n) is 13.5. The Morgan fingerprint density at radius 1 is 1.20 bits per heavy atom. The van der Waals surface area contributed by atoms with E-state index in [0.29, 0.717) is 17.9 Å². The Morgan fingerprint density at radius 3 is 2.72 bits per heavy atom. The number of hydrogen-bond acceptors (Lipinski definition) is 7. The molecule has 2 rings (SSSR count). The number of carbonyl (C=O) groups excluding carboxylic acids is 3. The van der Waals surface area contributed by atoms with E-state index >= 15 is 0 Å². The minimum atomic E-state index is -0.752. The quantitative estimate of drug-likeness (QED) is 0.683. The van der Waals surface area contributed by atoms with Gasteiger partial charge in [0.05, 0.1) is 12.2 Å². The van der Waals surface area contributed by atoms with Gasteiger partial charge in [0.25, 0.3) is 11.8 Å². The van der Waals surface area contributed by atoms with Gasteiger partial charge >= 0.3 is 5.97 Å². The molecule has 132 valence electrons. The van der Waals surface area contributed by atoms with Gasteiger partial charge in [-0.1, -0.05) is 17.3 Å². The lowest BCUT2D eigenvalue weighted by Crippen LogP contribution is -2.32. The van der Waals surface area contributed by atoms with Crippen LogP contribution < -0.4 is 15.4 Å². The van der Waals surface area contributed by atoms with E-state index in [4.69, 9.17) is 9.47 Å². The summed E-state index contributed by atoms with van der Waals surface area (Å²) in [4.78, 5) is 35.2. The number of hydrogen-bond donors (Lipinski definition) is 2. The number of anilines is 1. The van der Waals surface area contributed by atoms with Crippen LogP contribution in [0.4, 0.5) is 5.82 Å². The average molecular weight is 347 g/mol. The molecule has 0 radical (unpaired) electrons. The molecule has 0 saturated carbocycles. The first-order valence-corrected chi connectivity index (χ1v) is 7.46. The first kappa shape index (κ1) is 18.0. The maximum absolute atomic E-state index is 12.1. The zero-order chi connectivity index (χ0) is 18.1. The predicted molar refractivity (Wildman–Crippen MR) is 86.0 cm³/mol. The summed E-state index contributed by atoms with van der Waals surface area (Å²) < 4.78 is 14.7. The van der Waals surface area contributed by atoms with Crippen molar-refractivity contribution in [3.63, 3.8) is 0 Å². The Bertz CT molecular complexity index is 729.